The van der Waals surface area contributed by atoms with Gasteiger partial charge in [0.1, 0.15) is 5.75 Å². The Bertz CT molecular complexity index is 631. The second kappa shape index (κ2) is 5.37. The number of oxime groups is 1. The standard InChI is InChI=1S/C17H19NO2/c1-12(18-20)15-11-14(9-10-16(15)19)17(2,3)13-7-5-4-6-8-13/h4-11,19-20H,1-3H3/b18-12+. The van der Waals surface area contributed by atoms with Crippen LogP contribution >= 0.6 is 0 Å². The van der Waals surface area contributed by atoms with E-state index in [9.17, 15) is 5.11 Å². The van der Waals surface area contributed by atoms with Crippen molar-refractivity contribution in [3.8, 4) is 5.75 Å². The summed E-state index contributed by atoms with van der Waals surface area (Å²) in [5.74, 6) is 0.118. The molecule has 0 radical (unpaired) electrons. The summed E-state index contributed by atoms with van der Waals surface area (Å²) >= 11 is 0. The molecule has 0 aliphatic rings. The van der Waals surface area contributed by atoms with E-state index in [1.54, 1.807) is 13.0 Å². The third kappa shape index (κ3) is 2.52. The molecule has 0 saturated carbocycles. The van der Waals surface area contributed by atoms with Crippen molar-refractivity contribution in [3.05, 3.63) is 65.2 Å². The summed E-state index contributed by atoms with van der Waals surface area (Å²) in [6, 6.07) is 15.6. The van der Waals surface area contributed by atoms with E-state index in [-0.39, 0.29) is 11.2 Å². The van der Waals surface area contributed by atoms with Crippen molar-refractivity contribution in [3.63, 3.8) is 0 Å². The van der Waals surface area contributed by atoms with Gasteiger partial charge in [0, 0.05) is 11.0 Å². The quantitative estimate of drug-likeness (QED) is 0.504. The first-order chi connectivity index (χ1) is 9.46. The number of benzene rings is 2. The molecule has 0 fully saturated rings. The summed E-state index contributed by atoms with van der Waals surface area (Å²) in [5, 5.41) is 22.0. The molecule has 0 bridgehead atoms. The first-order valence-electron chi connectivity index (χ1n) is 6.55. The lowest BCUT2D eigenvalue weighted by Gasteiger charge is -2.26. The fourth-order valence-corrected chi connectivity index (χ4v) is 2.29. The van der Waals surface area contributed by atoms with Crippen molar-refractivity contribution >= 4 is 5.71 Å². The molecule has 104 valence electrons. The van der Waals surface area contributed by atoms with E-state index < -0.39 is 0 Å². The zero-order valence-corrected chi connectivity index (χ0v) is 12.0. The Hall–Kier alpha value is -2.29. The van der Waals surface area contributed by atoms with Crippen molar-refractivity contribution in [1.29, 1.82) is 0 Å². The molecule has 2 N–H and O–H groups in total. The lowest BCUT2D eigenvalue weighted by atomic mass is 9.77. The van der Waals surface area contributed by atoms with E-state index in [1.165, 1.54) is 5.56 Å². The maximum Gasteiger partial charge on any atom is 0.124 e. The summed E-state index contributed by atoms with van der Waals surface area (Å²) in [7, 11) is 0. The molecule has 2 aromatic rings. The predicted molar refractivity (Wildman–Crippen MR) is 80.7 cm³/mol. The largest absolute Gasteiger partial charge is 0.507 e. The van der Waals surface area contributed by atoms with Gasteiger partial charge < -0.3 is 10.3 Å². The molecule has 3 nitrogen and oxygen atoms in total. The SMILES string of the molecule is C/C(=N\O)c1cc(C(C)(C)c2ccccc2)ccc1O. The summed E-state index contributed by atoms with van der Waals surface area (Å²) in [6.45, 7) is 5.92. The van der Waals surface area contributed by atoms with E-state index in [0.717, 1.165) is 5.56 Å². The van der Waals surface area contributed by atoms with Crippen molar-refractivity contribution in [2.24, 2.45) is 5.16 Å². The highest BCUT2D eigenvalue weighted by atomic mass is 16.4. The molecule has 0 atom stereocenters. The third-order valence-corrected chi connectivity index (χ3v) is 3.75. The van der Waals surface area contributed by atoms with E-state index in [0.29, 0.717) is 11.3 Å². The summed E-state index contributed by atoms with van der Waals surface area (Å²) in [6.07, 6.45) is 0. The van der Waals surface area contributed by atoms with E-state index in [4.69, 9.17) is 5.21 Å². The topological polar surface area (TPSA) is 52.8 Å². The van der Waals surface area contributed by atoms with Crippen LogP contribution in [0.3, 0.4) is 0 Å². The van der Waals surface area contributed by atoms with Crippen molar-refractivity contribution < 1.29 is 10.3 Å². The molecule has 0 aliphatic heterocycles. The van der Waals surface area contributed by atoms with Crippen LogP contribution in [0.5, 0.6) is 5.75 Å². The van der Waals surface area contributed by atoms with Gasteiger partial charge in [0.05, 0.1) is 5.71 Å². The van der Waals surface area contributed by atoms with E-state index in [1.807, 2.05) is 30.3 Å². The van der Waals surface area contributed by atoms with Gasteiger partial charge in [-0.25, -0.2) is 0 Å². The van der Waals surface area contributed by atoms with Gasteiger partial charge in [0.25, 0.3) is 0 Å². The zero-order chi connectivity index (χ0) is 14.8. The minimum absolute atomic E-state index is 0.118. The van der Waals surface area contributed by atoms with E-state index >= 15 is 0 Å². The molecule has 0 saturated heterocycles. The van der Waals surface area contributed by atoms with Gasteiger partial charge in [0.2, 0.25) is 0 Å². The molecule has 2 aromatic carbocycles. The Balaban J connectivity index is 2.53. The van der Waals surface area contributed by atoms with Gasteiger partial charge in [-0.1, -0.05) is 55.4 Å². The molecular formula is C17H19NO2. The molecule has 2 rings (SSSR count). The molecule has 3 heteroatoms. The Labute approximate surface area is 119 Å². The van der Waals surface area contributed by atoms with Gasteiger partial charge in [0.15, 0.2) is 0 Å². The van der Waals surface area contributed by atoms with Crippen molar-refractivity contribution in [2.75, 3.05) is 0 Å². The first-order valence-corrected chi connectivity index (χ1v) is 6.55. The first kappa shape index (κ1) is 14.1. The van der Waals surface area contributed by atoms with Crippen LogP contribution in [0.25, 0.3) is 0 Å². The Morgan fingerprint density at radius 1 is 1.00 bits per heavy atom. The fourth-order valence-electron chi connectivity index (χ4n) is 2.29. The lowest BCUT2D eigenvalue weighted by Crippen LogP contribution is -2.19. The highest BCUT2D eigenvalue weighted by Crippen LogP contribution is 2.33. The molecule has 0 unspecified atom stereocenters. The van der Waals surface area contributed by atoms with Crippen molar-refractivity contribution in [1.82, 2.24) is 0 Å². The Kier molecular flexibility index (Phi) is 3.79. The normalized spacial score (nSPS) is 12.4. The van der Waals surface area contributed by atoms with Gasteiger partial charge >= 0.3 is 0 Å². The smallest absolute Gasteiger partial charge is 0.124 e. The molecule has 0 aliphatic carbocycles. The molecule has 0 spiro atoms. The number of hydrogen-bond donors (Lipinski definition) is 2. The monoisotopic (exact) mass is 269 g/mol. The highest BCUT2D eigenvalue weighted by Gasteiger charge is 2.24. The van der Waals surface area contributed by atoms with Gasteiger partial charge in [-0.15, -0.1) is 0 Å². The summed E-state index contributed by atoms with van der Waals surface area (Å²) < 4.78 is 0. The van der Waals surface area contributed by atoms with E-state index in [2.05, 4.69) is 31.1 Å². The van der Waals surface area contributed by atoms with Crippen LogP contribution in [0, 0.1) is 0 Å². The molecular weight excluding hydrogens is 250 g/mol. The Morgan fingerprint density at radius 3 is 2.25 bits per heavy atom. The predicted octanol–water partition coefficient (Wildman–Crippen LogP) is 3.92. The van der Waals surface area contributed by atoms with Crippen LogP contribution < -0.4 is 0 Å². The minimum atomic E-state index is -0.195. The zero-order valence-electron chi connectivity index (χ0n) is 12.0. The number of nitrogens with zero attached hydrogens (tertiary/aromatic N) is 1. The van der Waals surface area contributed by atoms with Crippen LogP contribution in [0.15, 0.2) is 53.7 Å². The minimum Gasteiger partial charge on any atom is -0.507 e. The van der Waals surface area contributed by atoms with Crippen LogP contribution in [0.1, 0.15) is 37.5 Å². The van der Waals surface area contributed by atoms with Crippen LogP contribution in [0.4, 0.5) is 0 Å². The van der Waals surface area contributed by atoms with Gasteiger partial charge in [-0.05, 0) is 30.2 Å². The molecule has 0 heterocycles. The van der Waals surface area contributed by atoms with Crippen LogP contribution in [0.2, 0.25) is 0 Å². The number of phenolic OH excluding ortho intramolecular Hbond substituents is 1. The third-order valence-electron chi connectivity index (χ3n) is 3.75. The maximum absolute atomic E-state index is 9.88. The molecule has 0 aromatic heterocycles. The number of phenols is 1. The maximum atomic E-state index is 9.88. The highest BCUT2D eigenvalue weighted by molar-refractivity contribution is 6.00. The number of hydrogen-bond acceptors (Lipinski definition) is 3. The fraction of sp³-hybridized carbons (Fsp3) is 0.235. The second-order valence-electron chi connectivity index (χ2n) is 5.41. The molecule has 0 amide bonds. The number of aromatic hydroxyl groups is 1. The van der Waals surface area contributed by atoms with Gasteiger partial charge in [-0.3, -0.25) is 0 Å². The summed E-state index contributed by atoms with van der Waals surface area (Å²) in [5.41, 5.74) is 3.00. The van der Waals surface area contributed by atoms with Gasteiger partial charge in [-0.2, -0.15) is 0 Å². The van der Waals surface area contributed by atoms with Crippen LogP contribution in [-0.2, 0) is 5.41 Å². The Morgan fingerprint density at radius 2 is 1.65 bits per heavy atom. The van der Waals surface area contributed by atoms with Crippen molar-refractivity contribution in [2.45, 2.75) is 26.2 Å². The summed E-state index contributed by atoms with van der Waals surface area (Å²) in [4.78, 5) is 0. The number of rotatable bonds is 3. The molecule has 20 heavy (non-hydrogen) atoms. The average Bonchev–Trinajstić information content (AvgIpc) is 2.47. The van der Waals surface area contributed by atoms with Crippen LogP contribution in [-0.4, -0.2) is 16.0 Å². The lowest BCUT2D eigenvalue weighted by molar-refractivity contribution is 0.318. The average molecular weight is 269 g/mol. The second-order valence-corrected chi connectivity index (χ2v) is 5.41.